The van der Waals surface area contributed by atoms with Gasteiger partial charge < -0.3 is 15.2 Å². The second kappa shape index (κ2) is 6.59. The molecule has 0 amide bonds. The van der Waals surface area contributed by atoms with E-state index < -0.39 is 0 Å². The molecule has 0 spiro atoms. The van der Waals surface area contributed by atoms with E-state index in [1.165, 1.54) is 12.1 Å². The van der Waals surface area contributed by atoms with E-state index in [-0.39, 0.29) is 18.0 Å². The average Bonchev–Trinajstić information content (AvgIpc) is 2.47. The summed E-state index contributed by atoms with van der Waals surface area (Å²) in [5.41, 5.74) is 7.80. The number of benzene rings is 2. The van der Waals surface area contributed by atoms with Crippen molar-refractivity contribution >= 4 is 0 Å². The van der Waals surface area contributed by atoms with Crippen LogP contribution in [0, 0.1) is 12.7 Å². The summed E-state index contributed by atoms with van der Waals surface area (Å²) < 4.78 is 24.6. The van der Waals surface area contributed by atoms with Gasteiger partial charge in [-0.3, -0.25) is 0 Å². The zero-order chi connectivity index (χ0) is 15.4. The summed E-state index contributed by atoms with van der Waals surface area (Å²) in [7, 11) is 1.61. The van der Waals surface area contributed by atoms with E-state index in [1.807, 2.05) is 38.1 Å². The molecule has 0 bridgehead atoms. The monoisotopic (exact) mass is 289 g/mol. The molecule has 0 aliphatic carbocycles. The van der Waals surface area contributed by atoms with Crippen LogP contribution in [-0.2, 0) is 0 Å². The molecule has 2 aromatic carbocycles. The lowest BCUT2D eigenvalue weighted by atomic mass is 10.0. The molecule has 0 saturated carbocycles. The summed E-state index contributed by atoms with van der Waals surface area (Å²) in [5.74, 6) is 0.905. The van der Waals surface area contributed by atoms with Crippen LogP contribution in [0.4, 0.5) is 4.39 Å². The van der Waals surface area contributed by atoms with Gasteiger partial charge in [0.05, 0.1) is 7.11 Å². The Labute approximate surface area is 124 Å². The number of ether oxygens (including phenoxy) is 2. The first-order valence-corrected chi connectivity index (χ1v) is 6.83. The second-order valence-corrected chi connectivity index (χ2v) is 5.08. The van der Waals surface area contributed by atoms with E-state index in [0.29, 0.717) is 5.75 Å². The molecular weight excluding hydrogens is 269 g/mol. The topological polar surface area (TPSA) is 44.5 Å². The van der Waals surface area contributed by atoms with Crippen molar-refractivity contribution in [3.63, 3.8) is 0 Å². The Hall–Kier alpha value is -2.07. The predicted molar refractivity (Wildman–Crippen MR) is 81.1 cm³/mol. The summed E-state index contributed by atoms with van der Waals surface area (Å²) in [6.07, 6.45) is -0.374. The number of aryl methyl sites for hydroxylation is 1. The van der Waals surface area contributed by atoms with Gasteiger partial charge in [0.25, 0.3) is 0 Å². The van der Waals surface area contributed by atoms with Crippen molar-refractivity contribution in [1.29, 1.82) is 0 Å². The summed E-state index contributed by atoms with van der Waals surface area (Å²) in [4.78, 5) is 0. The van der Waals surface area contributed by atoms with Gasteiger partial charge in [0.2, 0.25) is 0 Å². The van der Waals surface area contributed by atoms with E-state index in [4.69, 9.17) is 15.2 Å². The fraction of sp³-hybridized carbons (Fsp3) is 0.294. The van der Waals surface area contributed by atoms with E-state index in [0.717, 1.165) is 16.9 Å². The zero-order valence-corrected chi connectivity index (χ0v) is 12.5. The van der Waals surface area contributed by atoms with E-state index in [9.17, 15) is 4.39 Å². The quantitative estimate of drug-likeness (QED) is 0.914. The molecule has 2 unspecified atom stereocenters. The van der Waals surface area contributed by atoms with Gasteiger partial charge >= 0.3 is 0 Å². The molecule has 0 aromatic heterocycles. The molecule has 0 saturated heterocycles. The molecule has 0 heterocycles. The number of halogens is 1. The van der Waals surface area contributed by atoms with Crippen LogP contribution in [0.5, 0.6) is 11.5 Å². The lowest BCUT2D eigenvalue weighted by Gasteiger charge is -2.24. The van der Waals surface area contributed by atoms with Gasteiger partial charge in [-0.2, -0.15) is 0 Å². The molecule has 4 heteroatoms. The summed E-state index contributed by atoms with van der Waals surface area (Å²) in [6.45, 7) is 3.73. The van der Waals surface area contributed by atoms with Crippen molar-refractivity contribution in [1.82, 2.24) is 0 Å². The van der Waals surface area contributed by atoms with Crippen LogP contribution >= 0.6 is 0 Å². The number of hydrogen-bond donors (Lipinski definition) is 1. The van der Waals surface area contributed by atoms with Gasteiger partial charge in [-0.1, -0.05) is 18.2 Å². The van der Waals surface area contributed by atoms with Crippen LogP contribution < -0.4 is 15.2 Å². The molecule has 2 aromatic rings. The van der Waals surface area contributed by atoms with Crippen LogP contribution in [0.3, 0.4) is 0 Å². The highest BCUT2D eigenvalue weighted by Crippen LogP contribution is 2.29. The molecule has 3 nitrogen and oxygen atoms in total. The van der Waals surface area contributed by atoms with Gasteiger partial charge in [-0.15, -0.1) is 0 Å². The van der Waals surface area contributed by atoms with Gasteiger partial charge in [-0.25, -0.2) is 4.39 Å². The van der Waals surface area contributed by atoms with E-state index in [2.05, 4.69) is 0 Å². The van der Waals surface area contributed by atoms with Crippen molar-refractivity contribution in [2.45, 2.75) is 26.0 Å². The summed E-state index contributed by atoms with van der Waals surface area (Å²) in [6, 6.07) is 11.8. The number of nitrogens with two attached hydrogens (primary N) is 1. The molecule has 0 radical (unpaired) electrons. The maximum absolute atomic E-state index is 13.4. The molecule has 2 N–H and O–H groups in total. The van der Waals surface area contributed by atoms with Crippen molar-refractivity contribution in [3.8, 4) is 11.5 Å². The Balaban J connectivity index is 2.33. The van der Waals surface area contributed by atoms with Gasteiger partial charge in [-0.05, 0) is 43.2 Å². The van der Waals surface area contributed by atoms with Crippen LogP contribution in [0.2, 0.25) is 0 Å². The third kappa shape index (κ3) is 3.73. The first kappa shape index (κ1) is 15.3. The van der Waals surface area contributed by atoms with Crippen LogP contribution in [-0.4, -0.2) is 13.2 Å². The molecule has 21 heavy (non-hydrogen) atoms. The zero-order valence-electron chi connectivity index (χ0n) is 12.5. The minimum atomic E-state index is -0.374. The molecule has 112 valence electrons. The normalized spacial score (nSPS) is 13.6. The molecular formula is C17H20FNO2. The second-order valence-electron chi connectivity index (χ2n) is 5.08. The summed E-state index contributed by atoms with van der Waals surface area (Å²) >= 11 is 0. The van der Waals surface area contributed by atoms with Gasteiger partial charge in [0.1, 0.15) is 23.4 Å². The number of methoxy groups -OCH3 is 1. The molecule has 0 aliphatic heterocycles. The van der Waals surface area contributed by atoms with Crippen LogP contribution in [0.25, 0.3) is 0 Å². The Morgan fingerprint density at radius 3 is 2.57 bits per heavy atom. The van der Waals surface area contributed by atoms with Crippen molar-refractivity contribution in [2.24, 2.45) is 5.73 Å². The third-order valence-electron chi connectivity index (χ3n) is 3.30. The Morgan fingerprint density at radius 2 is 1.90 bits per heavy atom. The standard InChI is InChI=1S/C17H20FNO2/c1-11-7-8-14(18)10-16(11)21-17(12(2)19)13-5-4-6-15(9-13)20-3/h4-10,12,17H,19H2,1-3H3. The minimum Gasteiger partial charge on any atom is -0.497 e. The minimum absolute atomic E-state index is 0.250. The highest BCUT2D eigenvalue weighted by molar-refractivity contribution is 5.35. The SMILES string of the molecule is COc1cccc(C(Oc2cc(F)ccc2C)C(C)N)c1. The first-order valence-electron chi connectivity index (χ1n) is 6.83. The Kier molecular flexibility index (Phi) is 4.81. The van der Waals surface area contributed by atoms with E-state index >= 15 is 0 Å². The smallest absolute Gasteiger partial charge is 0.139 e. The number of rotatable bonds is 5. The average molecular weight is 289 g/mol. The first-order chi connectivity index (χ1) is 10.0. The predicted octanol–water partition coefficient (Wildman–Crippen LogP) is 3.61. The fourth-order valence-corrected chi connectivity index (χ4v) is 2.14. The Bertz CT molecular complexity index is 613. The van der Waals surface area contributed by atoms with Crippen LogP contribution in [0.15, 0.2) is 42.5 Å². The van der Waals surface area contributed by atoms with E-state index in [1.54, 1.807) is 13.2 Å². The molecule has 0 aliphatic rings. The van der Waals surface area contributed by atoms with Gasteiger partial charge in [0.15, 0.2) is 0 Å². The highest BCUT2D eigenvalue weighted by Gasteiger charge is 2.20. The third-order valence-corrected chi connectivity index (χ3v) is 3.30. The molecule has 0 fully saturated rings. The van der Waals surface area contributed by atoms with Crippen molar-refractivity contribution in [3.05, 3.63) is 59.4 Å². The summed E-state index contributed by atoms with van der Waals surface area (Å²) in [5, 5.41) is 0. The maximum atomic E-state index is 13.4. The van der Waals surface area contributed by atoms with Crippen molar-refractivity contribution in [2.75, 3.05) is 7.11 Å². The van der Waals surface area contributed by atoms with Crippen molar-refractivity contribution < 1.29 is 13.9 Å². The Morgan fingerprint density at radius 1 is 1.14 bits per heavy atom. The lowest BCUT2D eigenvalue weighted by Crippen LogP contribution is -2.29. The largest absolute Gasteiger partial charge is 0.497 e. The number of hydrogen-bond acceptors (Lipinski definition) is 3. The fourth-order valence-electron chi connectivity index (χ4n) is 2.14. The lowest BCUT2D eigenvalue weighted by molar-refractivity contribution is 0.178. The molecule has 2 atom stereocenters. The molecule has 2 rings (SSSR count). The highest BCUT2D eigenvalue weighted by atomic mass is 19.1. The van der Waals surface area contributed by atoms with Gasteiger partial charge in [0, 0.05) is 12.1 Å². The van der Waals surface area contributed by atoms with Crippen LogP contribution in [0.1, 0.15) is 24.2 Å². The maximum Gasteiger partial charge on any atom is 0.139 e.